The standard InChI is InChI=1S/C20H25N3O/c1-14-4-6-15(7-5-14)16-10-17(12-22-11-16)19(24)23-9-8-18(21)20(2,3)13-23/h4-7,10-12,18H,8-9,13,21H2,1-3H3. The monoisotopic (exact) mass is 323 g/mol. The maximum Gasteiger partial charge on any atom is 0.255 e. The van der Waals surface area contributed by atoms with Crippen LogP contribution in [0.25, 0.3) is 11.1 Å². The molecule has 3 rings (SSSR count). The Bertz CT molecular complexity index is 737. The van der Waals surface area contributed by atoms with Gasteiger partial charge in [-0.2, -0.15) is 0 Å². The van der Waals surface area contributed by atoms with E-state index in [-0.39, 0.29) is 17.4 Å². The molecule has 0 saturated carbocycles. The van der Waals surface area contributed by atoms with Gasteiger partial charge in [0.05, 0.1) is 5.56 Å². The van der Waals surface area contributed by atoms with E-state index >= 15 is 0 Å². The molecule has 24 heavy (non-hydrogen) atoms. The van der Waals surface area contributed by atoms with Gasteiger partial charge in [0.25, 0.3) is 5.91 Å². The molecule has 1 atom stereocenters. The third-order valence-corrected chi connectivity index (χ3v) is 4.97. The van der Waals surface area contributed by atoms with Gasteiger partial charge in [0.1, 0.15) is 0 Å². The fraction of sp³-hybridized carbons (Fsp3) is 0.400. The average Bonchev–Trinajstić information content (AvgIpc) is 2.57. The second-order valence-electron chi connectivity index (χ2n) is 7.44. The van der Waals surface area contributed by atoms with Gasteiger partial charge in [0.2, 0.25) is 0 Å². The van der Waals surface area contributed by atoms with Crippen LogP contribution in [0.1, 0.15) is 36.2 Å². The minimum absolute atomic E-state index is 0.0384. The van der Waals surface area contributed by atoms with E-state index in [0.29, 0.717) is 18.7 Å². The molecule has 2 aromatic rings. The van der Waals surface area contributed by atoms with Gasteiger partial charge in [-0.25, -0.2) is 0 Å². The maximum atomic E-state index is 12.9. The van der Waals surface area contributed by atoms with Crippen molar-refractivity contribution in [2.24, 2.45) is 11.1 Å². The zero-order valence-corrected chi connectivity index (χ0v) is 14.6. The smallest absolute Gasteiger partial charge is 0.255 e. The summed E-state index contributed by atoms with van der Waals surface area (Å²) in [4.78, 5) is 19.1. The van der Waals surface area contributed by atoms with Crippen molar-refractivity contribution in [3.05, 3.63) is 53.9 Å². The lowest BCUT2D eigenvalue weighted by Crippen LogP contribution is -2.54. The lowest BCUT2D eigenvalue weighted by atomic mass is 9.79. The Hall–Kier alpha value is -2.20. The number of nitrogens with zero attached hydrogens (tertiary/aromatic N) is 2. The number of piperidine rings is 1. The molecule has 0 aliphatic carbocycles. The molecule has 2 N–H and O–H groups in total. The van der Waals surface area contributed by atoms with Gasteiger partial charge in [0.15, 0.2) is 0 Å². The topological polar surface area (TPSA) is 59.2 Å². The number of hydrogen-bond acceptors (Lipinski definition) is 3. The molecular weight excluding hydrogens is 298 g/mol. The van der Waals surface area contributed by atoms with Crippen LogP contribution in [0, 0.1) is 12.3 Å². The molecule has 0 radical (unpaired) electrons. The van der Waals surface area contributed by atoms with Crippen LogP contribution in [0.3, 0.4) is 0 Å². The van der Waals surface area contributed by atoms with E-state index in [1.54, 1.807) is 12.4 Å². The van der Waals surface area contributed by atoms with Crippen molar-refractivity contribution in [2.75, 3.05) is 13.1 Å². The number of carbonyl (C=O) groups is 1. The first kappa shape index (κ1) is 16.7. The molecular formula is C20H25N3O. The number of likely N-dealkylation sites (tertiary alicyclic amines) is 1. The Morgan fingerprint density at radius 1 is 1.21 bits per heavy atom. The molecule has 1 aromatic carbocycles. The van der Waals surface area contributed by atoms with E-state index in [1.165, 1.54) is 5.56 Å². The van der Waals surface area contributed by atoms with E-state index in [1.807, 2.05) is 11.0 Å². The number of hydrogen-bond donors (Lipinski definition) is 1. The molecule has 1 saturated heterocycles. The SMILES string of the molecule is Cc1ccc(-c2cncc(C(=O)N3CCC(N)C(C)(C)C3)c2)cc1. The van der Waals surface area contributed by atoms with Gasteiger partial charge in [-0.1, -0.05) is 43.7 Å². The highest BCUT2D eigenvalue weighted by atomic mass is 16.2. The summed E-state index contributed by atoms with van der Waals surface area (Å²) in [6, 6.07) is 10.3. The molecule has 0 spiro atoms. The highest BCUT2D eigenvalue weighted by Crippen LogP contribution is 2.29. The van der Waals surface area contributed by atoms with Crippen molar-refractivity contribution >= 4 is 5.91 Å². The Kier molecular flexibility index (Phi) is 4.41. The molecule has 2 heterocycles. The van der Waals surface area contributed by atoms with Crippen molar-refractivity contribution in [2.45, 2.75) is 33.2 Å². The third kappa shape index (κ3) is 3.34. The van der Waals surface area contributed by atoms with Gasteiger partial charge in [0, 0.05) is 37.1 Å². The number of carbonyl (C=O) groups excluding carboxylic acids is 1. The van der Waals surface area contributed by atoms with Crippen LogP contribution in [-0.4, -0.2) is 34.9 Å². The van der Waals surface area contributed by atoms with Gasteiger partial charge in [-0.15, -0.1) is 0 Å². The number of benzene rings is 1. The van der Waals surface area contributed by atoms with Crippen LogP contribution < -0.4 is 5.73 Å². The second-order valence-corrected chi connectivity index (χ2v) is 7.44. The van der Waals surface area contributed by atoms with Crippen LogP contribution in [0.5, 0.6) is 0 Å². The average molecular weight is 323 g/mol. The zero-order valence-electron chi connectivity index (χ0n) is 14.6. The lowest BCUT2D eigenvalue weighted by molar-refractivity contribution is 0.0532. The summed E-state index contributed by atoms with van der Waals surface area (Å²) in [6.45, 7) is 7.70. The van der Waals surface area contributed by atoms with E-state index in [0.717, 1.165) is 17.5 Å². The molecule has 4 heteroatoms. The van der Waals surface area contributed by atoms with E-state index in [2.05, 4.69) is 50.0 Å². The Labute approximate surface area is 143 Å². The van der Waals surface area contributed by atoms with Crippen LogP contribution >= 0.6 is 0 Å². The lowest BCUT2D eigenvalue weighted by Gasteiger charge is -2.42. The van der Waals surface area contributed by atoms with E-state index in [9.17, 15) is 4.79 Å². The first-order chi connectivity index (χ1) is 11.4. The predicted octanol–water partition coefficient (Wildman–Crippen LogP) is 3.26. The molecule has 4 nitrogen and oxygen atoms in total. The first-order valence-electron chi connectivity index (χ1n) is 8.44. The fourth-order valence-electron chi connectivity index (χ4n) is 3.19. The molecule has 1 aliphatic heterocycles. The summed E-state index contributed by atoms with van der Waals surface area (Å²) in [7, 11) is 0. The number of rotatable bonds is 2. The number of amides is 1. The first-order valence-corrected chi connectivity index (χ1v) is 8.44. The molecule has 1 aromatic heterocycles. The second kappa shape index (κ2) is 6.36. The summed E-state index contributed by atoms with van der Waals surface area (Å²) in [5.41, 5.74) is 10.0. The number of aromatic nitrogens is 1. The van der Waals surface area contributed by atoms with E-state index in [4.69, 9.17) is 5.73 Å². The van der Waals surface area contributed by atoms with Gasteiger partial charge >= 0.3 is 0 Å². The number of aryl methyl sites for hydroxylation is 1. The number of nitrogens with two attached hydrogens (primary N) is 1. The zero-order chi connectivity index (χ0) is 17.3. The van der Waals surface area contributed by atoms with Crippen LogP contribution in [0.15, 0.2) is 42.7 Å². The largest absolute Gasteiger partial charge is 0.338 e. The van der Waals surface area contributed by atoms with Crippen LogP contribution in [0.4, 0.5) is 0 Å². The van der Waals surface area contributed by atoms with Gasteiger partial charge in [-0.05, 0) is 30.4 Å². The molecule has 1 aliphatic rings. The van der Waals surface area contributed by atoms with Crippen LogP contribution in [0.2, 0.25) is 0 Å². The summed E-state index contributed by atoms with van der Waals surface area (Å²) < 4.78 is 0. The number of pyridine rings is 1. The minimum Gasteiger partial charge on any atom is -0.338 e. The molecule has 1 unspecified atom stereocenters. The quantitative estimate of drug-likeness (QED) is 0.923. The predicted molar refractivity (Wildman–Crippen MR) is 96.7 cm³/mol. The summed E-state index contributed by atoms with van der Waals surface area (Å²) in [5, 5.41) is 0. The van der Waals surface area contributed by atoms with Crippen molar-refractivity contribution < 1.29 is 4.79 Å². The van der Waals surface area contributed by atoms with Crippen molar-refractivity contribution in [3.8, 4) is 11.1 Å². The van der Waals surface area contributed by atoms with E-state index < -0.39 is 0 Å². The Morgan fingerprint density at radius 2 is 1.92 bits per heavy atom. The maximum absolute atomic E-state index is 12.9. The summed E-state index contributed by atoms with van der Waals surface area (Å²) in [6.07, 6.45) is 4.29. The third-order valence-electron chi connectivity index (χ3n) is 4.97. The van der Waals surface area contributed by atoms with Crippen molar-refractivity contribution in [1.29, 1.82) is 0 Å². The van der Waals surface area contributed by atoms with Crippen molar-refractivity contribution in [3.63, 3.8) is 0 Å². The Balaban J connectivity index is 1.83. The summed E-state index contributed by atoms with van der Waals surface area (Å²) >= 11 is 0. The molecule has 1 amide bonds. The van der Waals surface area contributed by atoms with Gasteiger partial charge < -0.3 is 10.6 Å². The highest BCUT2D eigenvalue weighted by Gasteiger charge is 2.35. The van der Waals surface area contributed by atoms with Crippen molar-refractivity contribution in [1.82, 2.24) is 9.88 Å². The molecule has 1 fully saturated rings. The molecule has 126 valence electrons. The Morgan fingerprint density at radius 3 is 2.58 bits per heavy atom. The molecule has 0 bridgehead atoms. The highest BCUT2D eigenvalue weighted by molar-refractivity contribution is 5.95. The fourth-order valence-corrected chi connectivity index (χ4v) is 3.19. The van der Waals surface area contributed by atoms with Crippen LogP contribution in [-0.2, 0) is 0 Å². The normalized spacial score (nSPS) is 20.0. The van der Waals surface area contributed by atoms with Gasteiger partial charge in [-0.3, -0.25) is 9.78 Å². The minimum atomic E-state index is -0.0596. The summed E-state index contributed by atoms with van der Waals surface area (Å²) in [5.74, 6) is 0.0384.